The molecule has 0 radical (unpaired) electrons. The van der Waals surface area contributed by atoms with Crippen molar-refractivity contribution in [1.29, 1.82) is 0 Å². The van der Waals surface area contributed by atoms with Crippen LogP contribution in [-0.4, -0.2) is 17.6 Å². The number of benzene rings is 2. The summed E-state index contributed by atoms with van der Waals surface area (Å²) in [6, 6.07) is 15.5. The second kappa shape index (κ2) is 7.79. The van der Waals surface area contributed by atoms with Crippen molar-refractivity contribution in [3.63, 3.8) is 0 Å². The van der Waals surface area contributed by atoms with Crippen LogP contribution in [0.1, 0.15) is 23.7 Å². The first-order valence-corrected chi connectivity index (χ1v) is 9.04. The molecule has 0 aliphatic rings. The predicted octanol–water partition coefficient (Wildman–Crippen LogP) is 4.34. The highest BCUT2D eigenvalue weighted by atomic mass is 35.5. The van der Waals surface area contributed by atoms with E-state index in [1.54, 1.807) is 11.3 Å². The number of aliphatic hydroxyl groups excluding tert-OH is 1. The number of aliphatic hydroxyl groups is 1. The molecule has 1 amide bonds. The van der Waals surface area contributed by atoms with Gasteiger partial charge in [0.1, 0.15) is 0 Å². The Hall–Kier alpha value is -1.88. The SMILES string of the molecule is O=C(CCc1cccc(Cl)c1)NC[C@@H](O)c1csc2ccccc12. The van der Waals surface area contributed by atoms with Crippen LogP contribution in [0.5, 0.6) is 0 Å². The number of fused-ring (bicyclic) bond motifs is 1. The molecule has 0 saturated heterocycles. The van der Waals surface area contributed by atoms with Crippen molar-refractivity contribution in [2.45, 2.75) is 18.9 Å². The molecule has 124 valence electrons. The van der Waals surface area contributed by atoms with Gasteiger partial charge in [0.25, 0.3) is 0 Å². The number of rotatable bonds is 6. The Balaban J connectivity index is 1.52. The molecule has 5 heteroatoms. The van der Waals surface area contributed by atoms with Gasteiger partial charge in [-0.05, 0) is 40.9 Å². The van der Waals surface area contributed by atoms with E-state index in [4.69, 9.17) is 11.6 Å². The number of amides is 1. The lowest BCUT2D eigenvalue weighted by Gasteiger charge is -2.11. The fourth-order valence-electron chi connectivity index (χ4n) is 2.62. The van der Waals surface area contributed by atoms with Crippen molar-refractivity contribution in [2.75, 3.05) is 6.54 Å². The minimum absolute atomic E-state index is 0.0754. The van der Waals surface area contributed by atoms with Crippen LogP contribution < -0.4 is 5.32 Å². The third kappa shape index (κ3) is 4.15. The summed E-state index contributed by atoms with van der Waals surface area (Å²) in [5, 5.41) is 16.8. The summed E-state index contributed by atoms with van der Waals surface area (Å²) in [6.07, 6.45) is 0.303. The maximum absolute atomic E-state index is 12.0. The Morgan fingerprint density at radius 1 is 1.21 bits per heavy atom. The summed E-state index contributed by atoms with van der Waals surface area (Å²) in [5.41, 5.74) is 1.90. The van der Waals surface area contributed by atoms with Gasteiger partial charge >= 0.3 is 0 Å². The van der Waals surface area contributed by atoms with Crippen LogP contribution in [0.25, 0.3) is 10.1 Å². The van der Waals surface area contributed by atoms with Gasteiger partial charge < -0.3 is 10.4 Å². The highest BCUT2D eigenvalue weighted by molar-refractivity contribution is 7.17. The van der Waals surface area contributed by atoms with Crippen molar-refractivity contribution in [1.82, 2.24) is 5.32 Å². The number of hydrogen-bond donors (Lipinski definition) is 2. The van der Waals surface area contributed by atoms with Crippen LogP contribution in [0.3, 0.4) is 0 Å². The molecule has 3 aromatic rings. The molecule has 0 fully saturated rings. The first-order valence-electron chi connectivity index (χ1n) is 7.79. The van der Waals surface area contributed by atoms with E-state index in [1.807, 2.05) is 53.9 Å². The number of carbonyl (C=O) groups excluding carboxylic acids is 1. The number of thiophene rings is 1. The van der Waals surface area contributed by atoms with Gasteiger partial charge in [-0.15, -0.1) is 11.3 Å². The molecule has 3 nitrogen and oxygen atoms in total. The summed E-state index contributed by atoms with van der Waals surface area (Å²) in [6.45, 7) is 0.217. The van der Waals surface area contributed by atoms with E-state index in [9.17, 15) is 9.90 Å². The van der Waals surface area contributed by atoms with E-state index < -0.39 is 6.10 Å². The van der Waals surface area contributed by atoms with Crippen LogP contribution in [0.2, 0.25) is 5.02 Å². The normalized spacial score (nSPS) is 12.2. The second-order valence-corrected chi connectivity index (χ2v) is 6.98. The summed E-state index contributed by atoms with van der Waals surface area (Å²) in [7, 11) is 0. The van der Waals surface area contributed by atoms with Crippen molar-refractivity contribution >= 4 is 38.9 Å². The number of aryl methyl sites for hydroxylation is 1. The Kier molecular flexibility index (Phi) is 5.51. The molecule has 0 spiro atoms. The molecule has 1 aromatic heterocycles. The molecule has 24 heavy (non-hydrogen) atoms. The fourth-order valence-corrected chi connectivity index (χ4v) is 3.84. The van der Waals surface area contributed by atoms with Gasteiger partial charge in [-0.2, -0.15) is 0 Å². The number of hydrogen-bond acceptors (Lipinski definition) is 3. The average molecular weight is 360 g/mol. The Bertz CT molecular complexity index is 846. The van der Waals surface area contributed by atoms with Crippen molar-refractivity contribution in [3.8, 4) is 0 Å². The standard InChI is InChI=1S/C19H18ClNO2S/c20-14-5-3-4-13(10-14)8-9-19(23)21-11-17(22)16-12-24-18-7-2-1-6-15(16)18/h1-7,10,12,17,22H,8-9,11H2,(H,21,23)/t17-/m1/s1. The van der Waals surface area contributed by atoms with Gasteiger partial charge in [0.2, 0.25) is 5.91 Å². The summed E-state index contributed by atoms with van der Waals surface area (Å²) in [5.74, 6) is -0.0754. The van der Waals surface area contributed by atoms with Crippen LogP contribution in [-0.2, 0) is 11.2 Å². The predicted molar refractivity (Wildman–Crippen MR) is 99.6 cm³/mol. The highest BCUT2D eigenvalue weighted by Crippen LogP contribution is 2.29. The molecule has 0 aliphatic heterocycles. The first-order chi connectivity index (χ1) is 11.6. The topological polar surface area (TPSA) is 49.3 Å². The Morgan fingerprint density at radius 2 is 2.04 bits per heavy atom. The Labute approximate surface area is 149 Å². The molecular formula is C19H18ClNO2S. The van der Waals surface area contributed by atoms with Gasteiger partial charge in [0, 0.05) is 28.3 Å². The first kappa shape index (κ1) is 17.0. The summed E-state index contributed by atoms with van der Waals surface area (Å²) < 4.78 is 1.14. The highest BCUT2D eigenvalue weighted by Gasteiger charge is 2.14. The molecule has 2 N–H and O–H groups in total. The molecule has 3 rings (SSSR count). The molecule has 0 aliphatic carbocycles. The molecular weight excluding hydrogens is 342 g/mol. The summed E-state index contributed by atoms with van der Waals surface area (Å²) in [4.78, 5) is 12.0. The van der Waals surface area contributed by atoms with Crippen LogP contribution in [0.15, 0.2) is 53.9 Å². The molecule has 1 heterocycles. The number of nitrogens with one attached hydrogen (secondary N) is 1. The van der Waals surface area contributed by atoms with E-state index >= 15 is 0 Å². The van der Waals surface area contributed by atoms with Crippen molar-refractivity contribution in [2.24, 2.45) is 0 Å². The largest absolute Gasteiger partial charge is 0.387 e. The van der Waals surface area contributed by atoms with Gasteiger partial charge in [-0.3, -0.25) is 4.79 Å². The molecule has 0 bridgehead atoms. The smallest absolute Gasteiger partial charge is 0.220 e. The van der Waals surface area contributed by atoms with Gasteiger partial charge in [-0.25, -0.2) is 0 Å². The molecule has 2 aromatic carbocycles. The quantitative estimate of drug-likeness (QED) is 0.688. The lowest BCUT2D eigenvalue weighted by molar-refractivity contribution is -0.121. The van der Waals surface area contributed by atoms with Crippen molar-refractivity contribution < 1.29 is 9.90 Å². The van der Waals surface area contributed by atoms with E-state index in [1.165, 1.54) is 0 Å². The van der Waals surface area contributed by atoms with Crippen LogP contribution in [0, 0.1) is 0 Å². The average Bonchev–Trinajstić information content (AvgIpc) is 3.02. The van der Waals surface area contributed by atoms with E-state index in [-0.39, 0.29) is 12.5 Å². The molecule has 0 unspecified atom stereocenters. The number of halogens is 1. The second-order valence-electron chi connectivity index (χ2n) is 5.64. The third-order valence-corrected chi connectivity index (χ3v) is 5.11. The van der Waals surface area contributed by atoms with Crippen LogP contribution >= 0.6 is 22.9 Å². The Morgan fingerprint density at radius 3 is 2.88 bits per heavy atom. The minimum atomic E-state index is -0.698. The zero-order chi connectivity index (χ0) is 16.9. The van der Waals surface area contributed by atoms with Gasteiger partial charge in [0.15, 0.2) is 0 Å². The van der Waals surface area contributed by atoms with Crippen molar-refractivity contribution in [3.05, 3.63) is 70.1 Å². The monoisotopic (exact) mass is 359 g/mol. The van der Waals surface area contributed by atoms with E-state index in [0.29, 0.717) is 17.9 Å². The van der Waals surface area contributed by atoms with Gasteiger partial charge in [0.05, 0.1) is 6.10 Å². The molecule has 1 atom stereocenters. The maximum atomic E-state index is 12.0. The van der Waals surface area contributed by atoms with Crippen LogP contribution in [0.4, 0.5) is 0 Å². The van der Waals surface area contributed by atoms with E-state index in [2.05, 4.69) is 5.32 Å². The minimum Gasteiger partial charge on any atom is -0.387 e. The third-order valence-electron chi connectivity index (χ3n) is 3.89. The number of carbonyl (C=O) groups is 1. The molecule has 0 saturated carbocycles. The lowest BCUT2D eigenvalue weighted by Crippen LogP contribution is -2.28. The summed E-state index contributed by atoms with van der Waals surface area (Å²) >= 11 is 7.54. The van der Waals surface area contributed by atoms with E-state index in [0.717, 1.165) is 21.2 Å². The zero-order valence-corrected chi connectivity index (χ0v) is 14.6. The van der Waals surface area contributed by atoms with Gasteiger partial charge in [-0.1, -0.05) is 41.9 Å². The zero-order valence-electron chi connectivity index (χ0n) is 13.0. The lowest BCUT2D eigenvalue weighted by atomic mass is 10.1. The maximum Gasteiger partial charge on any atom is 0.220 e. The fraction of sp³-hybridized carbons (Fsp3) is 0.211.